The first kappa shape index (κ1) is 11.3. The molecule has 2 aromatic rings. The van der Waals surface area contributed by atoms with Gasteiger partial charge in [-0.3, -0.25) is 0 Å². The molecule has 2 aromatic heterocycles. The van der Waals surface area contributed by atoms with Gasteiger partial charge in [0.25, 0.3) is 0 Å². The quantitative estimate of drug-likeness (QED) is 0.858. The lowest BCUT2D eigenvalue weighted by molar-refractivity contribution is 0.0985. The molecule has 0 spiro atoms. The molecule has 0 radical (unpaired) electrons. The summed E-state index contributed by atoms with van der Waals surface area (Å²) in [5.41, 5.74) is 0.857. The number of nitrogens with zero attached hydrogens (tertiary/aromatic N) is 4. The van der Waals surface area contributed by atoms with Crippen LogP contribution in [0.1, 0.15) is 6.92 Å². The van der Waals surface area contributed by atoms with Gasteiger partial charge in [0, 0.05) is 25.7 Å². The molecule has 18 heavy (non-hydrogen) atoms. The maximum atomic E-state index is 5.46. The number of nitrogens with one attached hydrogen (secondary N) is 1. The Hall–Kier alpha value is -1.82. The second-order valence-electron chi connectivity index (χ2n) is 4.47. The van der Waals surface area contributed by atoms with Crippen LogP contribution in [0.15, 0.2) is 18.3 Å². The van der Waals surface area contributed by atoms with Crippen LogP contribution >= 0.6 is 0 Å². The fourth-order valence-corrected chi connectivity index (χ4v) is 2.29. The highest BCUT2D eigenvalue weighted by Gasteiger charge is 2.21. The van der Waals surface area contributed by atoms with Gasteiger partial charge in [0.1, 0.15) is 11.6 Å². The average Bonchev–Trinajstić information content (AvgIpc) is 2.86. The predicted octanol–water partition coefficient (Wildman–Crippen LogP) is 0.996. The van der Waals surface area contributed by atoms with E-state index in [2.05, 4.69) is 27.2 Å². The molecule has 1 atom stereocenters. The lowest BCUT2D eigenvalue weighted by Gasteiger charge is -2.34. The molecule has 1 saturated heterocycles. The van der Waals surface area contributed by atoms with Crippen LogP contribution in [0.25, 0.3) is 5.65 Å². The molecule has 0 saturated carbocycles. The molecule has 0 aromatic carbocycles. The third kappa shape index (κ3) is 1.78. The smallest absolute Gasteiger partial charge is 0.159 e. The van der Waals surface area contributed by atoms with E-state index in [0.717, 1.165) is 37.0 Å². The van der Waals surface area contributed by atoms with Crippen molar-refractivity contribution >= 4 is 17.3 Å². The number of anilines is 2. The van der Waals surface area contributed by atoms with Crippen LogP contribution in [-0.4, -0.2) is 47.4 Å². The third-order valence-corrected chi connectivity index (χ3v) is 3.26. The van der Waals surface area contributed by atoms with Crippen molar-refractivity contribution in [1.29, 1.82) is 0 Å². The second kappa shape index (κ2) is 4.45. The Labute approximate surface area is 106 Å². The van der Waals surface area contributed by atoms with Gasteiger partial charge in [-0.2, -0.15) is 9.61 Å². The highest BCUT2D eigenvalue weighted by molar-refractivity contribution is 5.58. The van der Waals surface area contributed by atoms with Crippen LogP contribution in [-0.2, 0) is 4.74 Å². The molecule has 1 unspecified atom stereocenters. The fourth-order valence-electron chi connectivity index (χ4n) is 2.29. The Morgan fingerprint density at radius 2 is 2.39 bits per heavy atom. The Morgan fingerprint density at radius 3 is 3.17 bits per heavy atom. The predicted molar refractivity (Wildman–Crippen MR) is 70.2 cm³/mol. The van der Waals surface area contributed by atoms with Crippen molar-refractivity contribution in [2.24, 2.45) is 0 Å². The molecule has 3 rings (SSSR count). The summed E-state index contributed by atoms with van der Waals surface area (Å²) in [6.07, 6.45) is 1.76. The first-order valence-electron chi connectivity index (χ1n) is 6.16. The molecule has 96 valence electrons. The Morgan fingerprint density at radius 1 is 1.50 bits per heavy atom. The molecule has 0 aliphatic carbocycles. The molecule has 1 aliphatic rings. The van der Waals surface area contributed by atoms with Crippen molar-refractivity contribution < 1.29 is 4.74 Å². The highest BCUT2D eigenvalue weighted by atomic mass is 16.5. The van der Waals surface area contributed by atoms with E-state index < -0.39 is 0 Å². The molecule has 0 bridgehead atoms. The van der Waals surface area contributed by atoms with Gasteiger partial charge in [-0.25, -0.2) is 4.98 Å². The zero-order valence-corrected chi connectivity index (χ0v) is 10.6. The fraction of sp³-hybridized carbons (Fsp3) is 0.500. The Kier molecular flexibility index (Phi) is 2.79. The van der Waals surface area contributed by atoms with Crippen LogP contribution < -0.4 is 10.2 Å². The first-order chi connectivity index (χ1) is 8.79. The van der Waals surface area contributed by atoms with E-state index in [1.54, 1.807) is 10.7 Å². The molecule has 1 N–H and O–H groups in total. The summed E-state index contributed by atoms with van der Waals surface area (Å²) in [7, 11) is 1.89. The molecular weight excluding hydrogens is 230 g/mol. The van der Waals surface area contributed by atoms with E-state index in [-0.39, 0.29) is 0 Å². The number of aromatic nitrogens is 3. The van der Waals surface area contributed by atoms with Crippen molar-refractivity contribution in [2.75, 3.05) is 37.0 Å². The summed E-state index contributed by atoms with van der Waals surface area (Å²) >= 11 is 0. The number of fused-ring (bicyclic) bond motifs is 1. The van der Waals surface area contributed by atoms with Gasteiger partial charge >= 0.3 is 0 Å². The van der Waals surface area contributed by atoms with E-state index >= 15 is 0 Å². The van der Waals surface area contributed by atoms with Gasteiger partial charge in [-0.05, 0) is 6.92 Å². The van der Waals surface area contributed by atoms with Crippen LogP contribution in [0.2, 0.25) is 0 Å². The summed E-state index contributed by atoms with van der Waals surface area (Å²) in [5.74, 6) is 1.92. The van der Waals surface area contributed by atoms with E-state index in [1.165, 1.54) is 0 Å². The number of hydrogen-bond acceptors (Lipinski definition) is 5. The van der Waals surface area contributed by atoms with Crippen LogP contribution in [0.4, 0.5) is 11.6 Å². The van der Waals surface area contributed by atoms with E-state index in [9.17, 15) is 0 Å². The van der Waals surface area contributed by atoms with Crippen molar-refractivity contribution in [1.82, 2.24) is 14.6 Å². The first-order valence-corrected chi connectivity index (χ1v) is 6.16. The van der Waals surface area contributed by atoms with Gasteiger partial charge in [0.15, 0.2) is 5.65 Å². The molecule has 6 nitrogen and oxygen atoms in total. The normalized spacial score (nSPS) is 20.3. The highest BCUT2D eigenvalue weighted by Crippen LogP contribution is 2.22. The summed E-state index contributed by atoms with van der Waals surface area (Å²) < 4.78 is 7.26. The SMILES string of the molecule is CNc1cc(N2CCOCC2C)nc2ccnn12. The van der Waals surface area contributed by atoms with E-state index in [1.807, 2.05) is 19.2 Å². The van der Waals surface area contributed by atoms with Gasteiger partial charge in [0.05, 0.1) is 25.5 Å². The van der Waals surface area contributed by atoms with Gasteiger partial charge in [-0.15, -0.1) is 0 Å². The minimum Gasteiger partial charge on any atom is -0.377 e. The third-order valence-electron chi connectivity index (χ3n) is 3.26. The number of hydrogen-bond donors (Lipinski definition) is 1. The summed E-state index contributed by atoms with van der Waals surface area (Å²) in [6.45, 7) is 4.54. The maximum Gasteiger partial charge on any atom is 0.159 e. The van der Waals surface area contributed by atoms with Gasteiger partial charge in [0.2, 0.25) is 0 Å². The molecule has 1 fully saturated rings. The summed E-state index contributed by atoms with van der Waals surface area (Å²) in [4.78, 5) is 6.92. The maximum absolute atomic E-state index is 5.46. The average molecular weight is 247 g/mol. The van der Waals surface area contributed by atoms with Crippen molar-refractivity contribution in [2.45, 2.75) is 13.0 Å². The largest absolute Gasteiger partial charge is 0.377 e. The zero-order chi connectivity index (χ0) is 12.5. The minimum absolute atomic E-state index is 0.348. The molecule has 1 aliphatic heterocycles. The number of morpholine rings is 1. The molecule has 0 amide bonds. The second-order valence-corrected chi connectivity index (χ2v) is 4.47. The van der Waals surface area contributed by atoms with Gasteiger partial charge < -0.3 is 15.0 Å². The van der Waals surface area contributed by atoms with Crippen LogP contribution in [0.3, 0.4) is 0 Å². The molecule has 6 heteroatoms. The van der Waals surface area contributed by atoms with Crippen LogP contribution in [0, 0.1) is 0 Å². The lowest BCUT2D eigenvalue weighted by atomic mass is 10.2. The summed E-state index contributed by atoms with van der Waals surface area (Å²) in [5, 5.41) is 7.40. The lowest BCUT2D eigenvalue weighted by Crippen LogP contribution is -2.44. The standard InChI is InChI=1S/C12H17N5O/c1-9-8-18-6-5-16(9)12-7-11(13-2)17-10(15-12)3-4-14-17/h3-4,7,9,13H,5-6,8H2,1-2H3. The Balaban J connectivity index is 2.05. The van der Waals surface area contributed by atoms with Crippen molar-refractivity contribution in [3.63, 3.8) is 0 Å². The van der Waals surface area contributed by atoms with Crippen LogP contribution in [0.5, 0.6) is 0 Å². The molecular formula is C12H17N5O. The topological polar surface area (TPSA) is 54.7 Å². The monoisotopic (exact) mass is 247 g/mol. The van der Waals surface area contributed by atoms with Gasteiger partial charge in [-0.1, -0.05) is 0 Å². The van der Waals surface area contributed by atoms with Crippen molar-refractivity contribution in [3.05, 3.63) is 18.3 Å². The molecule has 3 heterocycles. The Bertz CT molecular complexity index is 552. The van der Waals surface area contributed by atoms with E-state index in [4.69, 9.17) is 4.74 Å². The summed E-state index contributed by atoms with van der Waals surface area (Å²) in [6, 6.07) is 4.29. The van der Waals surface area contributed by atoms with E-state index in [0.29, 0.717) is 6.04 Å². The zero-order valence-electron chi connectivity index (χ0n) is 10.6. The number of rotatable bonds is 2. The number of ether oxygens (including phenoxy) is 1. The minimum atomic E-state index is 0.348. The van der Waals surface area contributed by atoms with Crippen molar-refractivity contribution in [3.8, 4) is 0 Å².